The highest BCUT2D eigenvalue weighted by Crippen LogP contribution is 2.13. The van der Waals surface area contributed by atoms with Crippen LogP contribution < -0.4 is 0 Å². The molecular weight excluding hydrogens is 241 g/mol. The molecule has 0 aliphatic heterocycles. The zero-order chi connectivity index (χ0) is 13.9. The molecule has 1 aromatic heterocycles. The molecule has 0 saturated carbocycles. The second-order valence-electron chi connectivity index (χ2n) is 5.00. The van der Waals surface area contributed by atoms with Gasteiger partial charge in [0.25, 0.3) is 0 Å². The van der Waals surface area contributed by atoms with Crippen molar-refractivity contribution in [1.82, 2.24) is 4.98 Å². The van der Waals surface area contributed by atoms with Gasteiger partial charge in [-0.25, -0.2) is 4.39 Å². The molecule has 1 rings (SSSR count). The van der Waals surface area contributed by atoms with E-state index in [1.54, 1.807) is 0 Å². The Bertz CT molecular complexity index is 379. The summed E-state index contributed by atoms with van der Waals surface area (Å²) in [5.74, 6) is -0.613. The average molecular weight is 265 g/mol. The predicted octanol–water partition coefficient (Wildman–Crippen LogP) is 4.93. The summed E-state index contributed by atoms with van der Waals surface area (Å²) in [6.45, 7) is 2.21. The molecule has 0 amide bonds. The molecule has 3 heteroatoms. The van der Waals surface area contributed by atoms with Crippen LogP contribution in [0.25, 0.3) is 0 Å². The van der Waals surface area contributed by atoms with Gasteiger partial charge in [-0.05, 0) is 12.5 Å². The first-order valence-corrected chi connectivity index (χ1v) is 7.38. The lowest BCUT2D eigenvalue weighted by molar-refractivity contribution is 0.0975. The molecule has 0 unspecified atom stereocenters. The minimum absolute atomic E-state index is 0.106. The number of carbonyl (C=O) groups excluding carboxylic acids is 1. The summed E-state index contributed by atoms with van der Waals surface area (Å²) >= 11 is 0. The SMILES string of the molecule is CCCCCCCCCCC(=O)c1ccncc1F. The molecule has 2 nitrogen and oxygen atoms in total. The van der Waals surface area contributed by atoms with Crippen molar-refractivity contribution in [1.29, 1.82) is 0 Å². The van der Waals surface area contributed by atoms with Crippen LogP contribution in [0.3, 0.4) is 0 Å². The highest BCUT2D eigenvalue weighted by Gasteiger charge is 2.10. The van der Waals surface area contributed by atoms with E-state index in [0.29, 0.717) is 6.42 Å². The van der Waals surface area contributed by atoms with Crippen LogP contribution in [-0.4, -0.2) is 10.8 Å². The van der Waals surface area contributed by atoms with E-state index in [9.17, 15) is 9.18 Å². The van der Waals surface area contributed by atoms with Crippen molar-refractivity contribution in [3.63, 3.8) is 0 Å². The minimum Gasteiger partial charge on any atom is -0.294 e. The Morgan fingerprint density at radius 1 is 1.11 bits per heavy atom. The number of Topliss-reactive ketones (excluding diaryl/α,β-unsaturated/α-hetero) is 1. The van der Waals surface area contributed by atoms with Crippen LogP contribution in [0.1, 0.15) is 75.1 Å². The summed E-state index contributed by atoms with van der Waals surface area (Å²) in [4.78, 5) is 15.4. The highest BCUT2D eigenvalue weighted by atomic mass is 19.1. The van der Waals surface area contributed by atoms with Crippen LogP contribution >= 0.6 is 0 Å². The van der Waals surface area contributed by atoms with Gasteiger partial charge in [0.1, 0.15) is 0 Å². The number of ketones is 1. The Morgan fingerprint density at radius 2 is 1.74 bits per heavy atom. The van der Waals surface area contributed by atoms with E-state index in [1.807, 2.05) is 0 Å². The summed E-state index contributed by atoms with van der Waals surface area (Å²) in [6.07, 6.45) is 12.5. The van der Waals surface area contributed by atoms with Gasteiger partial charge in [0.2, 0.25) is 0 Å². The van der Waals surface area contributed by atoms with Gasteiger partial charge in [-0.1, -0.05) is 51.9 Å². The van der Waals surface area contributed by atoms with E-state index in [1.165, 1.54) is 50.8 Å². The summed E-state index contributed by atoms with van der Waals surface area (Å²) in [5.41, 5.74) is 0.179. The molecule has 0 bridgehead atoms. The van der Waals surface area contributed by atoms with Crippen LogP contribution in [0.15, 0.2) is 18.5 Å². The summed E-state index contributed by atoms with van der Waals surface area (Å²) in [6, 6.07) is 1.46. The lowest BCUT2D eigenvalue weighted by Gasteiger charge is -2.03. The molecule has 0 aromatic carbocycles. The number of hydrogen-bond acceptors (Lipinski definition) is 2. The minimum atomic E-state index is -0.507. The van der Waals surface area contributed by atoms with E-state index in [2.05, 4.69) is 11.9 Å². The van der Waals surface area contributed by atoms with Crippen molar-refractivity contribution in [2.75, 3.05) is 0 Å². The van der Waals surface area contributed by atoms with Crippen molar-refractivity contribution >= 4 is 5.78 Å². The number of hydrogen-bond donors (Lipinski definition) is 0. The van der Waals surface area contributed by atoms with Gasteiger partial charge < -0.3 is 0 Å². The molecule has 0 saturated heterocycles. The summed E-state index contributed by atoms with van der Waals surface area (Å²) in [5, 5.41) is 0. The first-order chi connectivity index (χ1) is 9.25. The predicted molar refractivity (Wildman–Crippen MR) is 75.8 cm³/mol. The number of pyridine rings is 1. The normalized spacial score (nSPS) is 10.6. The van der Waals surface area contributed by atoms with Gasteiger partial charge in [-0.2, -0.15) is 0 Å². The van der Waals surface area contributed by atoms with E-state index in [4.69, 9.17) is 0 Å². The molecule has 0 spiro atoms. The highest BCUT2D eigenvalue weighted by molar-refractivity contribution is 5.96. The van der Waals surface area contributed by atoms with Crippen LogP contribution in [0.2, 0.25) is 0 Å². The van der Waals surface area contributed by atoms with Gasteiger partial charge in [0, 0.05) is 12.6 Å². The lowest BCUT2D eigenvalue weighted by atomic mass is 10.0. The van der Waals surface area contributed by atoms with Crippen molar-refractivity contribution in [2.45, 2.75) is 64.7 Å². The fraction of sp³-hybridized carbons (Fsp3) is 0.625. The van der Waals surface area contributed by atoms with Crippen molar-refractivity contribution in [3.05, 3.63) is 29.8 Å². The number of carbonyl (C=O) groups is 1. The molecule has 0 N–H and O–H groups in total. The molecule has 106 valence electrons. The third kappa shape index (κ3) is 6.46. The second-order valence-corrected chi connectivity index (χ2v) is 5.00. The maximum absolute atomic E-state index is 13.3. The number of rotatable bonds is 10. The number of nitrogens with zero attached hydrogens (tertiary/aromatic N) is 1. The molecular formula is C16H24FNO. The summed E-state index contributed by atoms with van der Waals surface area (Å²) < 4.78 is 13.3. The zero-order valence-corrected chi connectivity index (χ0v) is 11.8. The Hall–Kier alpha value is -1.25. The van der Waals surface area contributed by atoms with E-state index >= 15 is 0 Å². The van der Waals surface area contributed by atoms with Crippen LogP contribution in [0.5, 0.6) is 0 Å². The lowest BCUT2D eigenvalue weighted by Crippen LogP contribution is -2.02. The van der Waals surface area contributed by atoms with E-state index in [0.717, 1.165) is 19.0 Å². The largest absolute Gasteiger partial charge is 0.294 e. The van der Waals surface area contributed by atoms with Crippen molar-refractivity contribution < 1.29 is 9.18 Å². The van der Waals surface area contributed by atoms with Gasteiger partial charge in [0.15, 0.2) is 11.6 Å². The van der Waals surface area contributed by atoms with Gasteiger partial charge >= 0.3 is 0 Å². The topological polar surface area (TPSA) is 30.0 Å². The van der Waals surface area contributed by atoms with Crippen LogP contribution in [0, 0.1) is 5.82 Å². The third-order valence-corrected chi connectivity index (χ3v) is 3.33. The number of halogens is 1. The molecule has 0 atom stereocenters. The van der Waals surface area contributed by atoms with E-state index < -0.39 is 5.82 Å². The van der Waals surface area contributed by atoms with E-state index in [-0.39, 0.29) is 11.3 Å². The number of aromatic nitrogens is 1. The monoisotopic (exact) mass is 265 g/mol. The first-order valence-electron chi connectivity index (χ1n) is 7.38. The fourth-order valence-corrected chi connectivity index (χ4v) is 2.16. The summed E-state index contributed by atoms with van der Waals surface area (Å²) in [7, 11) is 0. The standard InChI is InChI=1S/C16H24FNO/c1-2-3-4-5-6-7-8-9-10-16(19)14-11-12-18-13-15(14)17/h11-13H,2-10H2,1H3. The second kappa shape index (κ2) is 9.65. The van der Waals surface area contributed by atoms with Crippen molar-refractivity contribution in [3.8, 4) is 0 Å². The maximum Gasteiger partial charge on any atom is 0.165 e. The quantitative estimate of drug-likeness (QED) is 0.443. The molecule has 19 heavy (non-hydrogen) atoms. The van der Waals surface area contributed by atoms with Crippen LogP contribution in [0.4, 0.5) is 4.39 Å². The Labute approximate surface area is 115 Å². The number of unbranched alkanes of at least 4 members (excludes halogenated alkanes) is 7. The van der Waals surface area contributed by atoms with Gasteiger partial charge in [-0.15, -0.1) is 0 Å². The maximum atomic E-state index is 13.3. The van der Waals surface area contributed by atoms with Gasteiger partial charge in [-0.3, -0.25) is 9.78 Å². The third-order valence-electron chi connectivity index (χ3n) is 3.33. The molecule has 0 aliphatic rings. The zero-order valence-electron chi connectivity index (χ0n) is 11.8. The molecule has 1 aromatic rings. The van der Waals surface area contributed by atoms with Crippen LogP contribution in [-0.2, 0) is 0 Å². The fourth-order valence-electron chi connectivity index (χ4n) is 2.16. The molecule has 0 radical (unpaired) electrons. The molecule has 0 fully saturated rings. The van der Waals surface area contributed by atoms with Crippen molar-refractivity contribution in [2.24, 2.45) is 0 Å². The average Bonchev–Trinajstić information content (AvgIpc) is 2.42. The Balaban J connectivity index is 2.10. The Kier molecular flexibility index (Phi) is 8.03. The smallest absolute Gasteiger partial charge is 0.165 e. The first kappa shape index (κ1) is 15.8. The Morgan fingerprint density at radius 3 is 2.37 bits per heavy atom. The van der Waals surface area contributed by atoms with Gasteiger partial charge in [0.05, 0.1) is 11.8 Å². The molecule has 1 heterocycles. The molecule has 0 aliphatic carbocycles.